The first kappa shape index (κ1) is 21.7. The molecular weight excluding hydrogens is 417 g/mol. The molecule has 3 nitrogen and oxygen atoms in total. The quantitative estimate of drug-likeness (QED) is 0.455. The summed E-state index contributed by atoms with van der Waals surface area (Å²) < 4.78 is 6.04. The van der Waals surface area contributed by atoms with Crippen LogP contribution in [-0.4, -0.2) is 30.1 Å². The molecule has 2 unspecified atom stereocenters. The topological polar surface area (TPSA) is 29.5 Å². The number of piperidine rings is 1. The van der Waals surface area contributed by atoms with E-state index in [2.05, 4.69) is 17.9 Å². The van der Waals surface area contributed by atoms with Gasteiger partial charge in [-0.15, -0.1) is 0 Å². The smallest absolute Gasteiger partial charge is 0.223 e. The Balaban J connectivity index is 1.68. The van der Waals surface area contributed by atoms with E-state index < -0.39 is 0 Å². The summed E-state index contributed by atoms with van der Waals surface area (Å²) in [5, 5.41) is 1.43. The highest BCUT2D eigenvalue weighted by Gasteiger charge is 2.41. The van der Waals surface area contributed by atoms with Gasteiger partial charge in [0.15, 0.2) is 0 Å². The monoisotopic (exact) mass is 445 g/mol. The number of ether oxygens (including phenoxy) is 1. The molecule has 0 radical (unpaired) electrons. The van der Waals surface area contributed by atoms with Crippen LogP contribution in [-0.2, 0) is 9.53 Å². The summed E-state index contributed by atoms with van der Waals surface area (Å²) in [6, 6.07) is 16.0. The molecule has 0 N–H and O–H groups in total. The minimum absolute atomic E-state index is 0.0545. The lowest BCUT2D eigenvalue weighted by Gasteiger charge is -2.45. The second-order valence-electron chi connectivity index (χ2n) is 8.54. The average molecular weight is 446 g/mol. The summed E-state index contributed by atoms with van der Waals surface area (Å²) in [7, 11) is 0. The van der Waals surface area contributed by atoms with E-state index >= 15 is 0 Å². The standard InChI is InChI=1S/C25H29Cl2NO2/c1-2-22(16-30-15-17-6-7-17)28-24(29)13-12-23(19-4-3-5-21(27)14-19)25(28)18-8-10-20(26)11-9-18/h3-5,8-11,14,17,22-23,25H,2,6-7,12-13,15-16H2,1H3/t22-,23?,25?/m0/s1. The largest absolute Gasteiger partial charge is 0.379 e. The number of carbonyl (C=O) groups excluding carboxylic acids is 1. The van der Waals surface area contributed by atoms with Gasteiger partial charge in [-0.1, -0.05) is 54.4 Å². The molecular formula is C25H29Cl2NO2. The van der Waals surface area contributed by atoms with Crippen LogP contribution >= 0.6 is 23.2 Å². The van der Waals surface area contributed by atoms with Gasteiger partial charge in [-0.25, -0.2) is 0 Å². The van der Waals surface area contributed by atoms with E-state index in [0.29, 0.717) is 24.0 Å². The Hall–Kier alpha value is -1.55. The predicted octanol–water partition coefficient (Wildman–Crippen LogP) is 6.65. The Kier molecular flexibility index (Phi) is 7.02. The zero-order valence-electron chi connectivity index (χ0n) is 17.4. The molecule has 2 fully saturated rings. The van der Waals surface area contributed by atoms with Crippen molar-refractivity contribution in [2.24, 2.45) is 5.92 Å². The van der Waals surface area contributed by atoms with Crippen molar-refractivity contribution in [2.45, 2.75) is 57.0 Å². The van der Waals surface area contributed by atoms with E-state index in [9.17, 15) is 4.79 Å². The van der Waals surface area contributed by atoms with Gasteiger partial charge in [0.2, 0.25) is 5.91 Å². The molecule has 5 heteroatoms. The zero-order chi connectivity index (χ0) is 21.1. The molecule has 1 aliphatic heterocycles. The summed E-state index contributed by atoms with van der Waals surface area (Å²) in [6.07, 6.45) is 4.75. The number of hydrogen-bond acceptors (Lipinski definition) is 2. The molecule has 3 atom stereocenters. The lowest BCUT2D eigenvalue weighted by atomic mass is 9.79. The fraction of sp³-hybridized carbons (Fsp3) is 0.480. The second-order valence-corrected chi connectivity index (χ2v) is 9.41. The van der Waals surface area contributed by atoms with E-state index in [1.54, 1.807) is 0 Å². The fourth-order valence-electron chi connectivity index (χ4n) is 4.53. The highest BCUT2D eigenvalue weighted by molar-refractivity contribution is 6.30. The first-order valence-corrected chi connectivity index (χ1v) is 11.7. The second kappa shape index (κ2) is 9.72. The van der Waals surface area contributed by atoms with Gasteiger partial charge in [-0.2, -0.15) is 0 Å². The maximum Gasteiger partial charge on any atom is 0.223 e. The van der Waals surface area contributed by atoms with Gasteiger partial charge in [-0.3, -0.25) is 4.79 Å². The lowest BCUT2D eigenvalue weighted by molar-refractivity contribution is -0.143. The summed E-state index contributed by atoms with van der Waals surface area (Å²) in [4.78, 5) is 15.3. The van der Waals surface area contributed by atoms with Crippen molar-refractivity contribution >= 4 is 29.1 Å². The minimum Gasteiger partial charge on any atom is -0.379 e. The third-order valence-corrected chi connectivity index (χ3v) is 6.84. The van der Waals surface area contributed by atoms with Gasteiger partial charge in [-0.05, 0) is 67.0 Å². The van der Waals surface area contributed by atoms with Crippen molar-refractivity contribution in [2.75, 3.05) is 13.2 Å². The maximum atomic E-state index is 13.2. The third kappa shape index (κ3) is 5.01. The number of rotatable bonds is 8. The fourth-order valence-corrected chi connectivity index (χ4v) is 4.86. The van der Waals surface area contributed by atoms with Gasteiger partial charge in [0.1, 0.15) is 0 Å². The molecule has 2 aliphatic rings. The van der Waals surface area contributed by atoms with E-state index in [0.717, 1.165) is 30.0 Å². The van der Waals surface area contributed by atoms with Crippen LogP contribution in [0.1, 0.15) is 62.1 Å². The Labute approximate surface area is 189 Å². The first-order valence-electron chi connectivity index (χ1n) is 11.0. The first-order chi connectivity index (χ1) is 14.6. The van der Waals surface area contributed by atoms with Crippen LogP contribution in [0, 0.1) is 5.92 Å². The Bertz CT molecular complexity index is 866. The number of likely N-dealkylation sites (tertiary alicyclic amines) is 1. The van der Waals surface area contributed by atoms with Crippen molar-refractivity contribution in [3.8, 4) is 0 Å². The van der Waals surface area contributed by atoms with Crippen molar-refractivity contribution < 1.29 is 9.53 Å². The molecule has 160 valence electrons. The van der Waals surface area contributed by atoms with Crippen molar-refractivity contribution in [3.63, 3.8) is 0 Å². The Morgan fingerprint density at radius 3 is 2.47 bits per heavy atom. The summed E-state index contributed by atoms with van der Waals surface area (Å²) in [5.41, 5.74) is 2.28. The van der Waals surface area contributed by atoms with Gasteiger partial charge in [0.25, 0.3) is 0 Å². The van der Waals surface area contributed by atoms with Crippen LogP contribution in [0.5, 0.6) is 0 Å². The van der Waals surface area contributed by atoms with Gasteiger partial charge < -0.3 is 9.64 Å². The number of nitrogens with zero attached hydrogens (tertiary/aromatic N) is 1. The molecule has 1 heterocycles. The van der Waals surface area contributed by atoms with E-state index in [1.807, 2.05) is 42.5 Å². The van der Waals surface area contributed by atoms with E-state index in [-0.39, 0.29) is 23.9 Å². The van der Waals surface area contributed by atoms with Crippen molar-refractivity contribution in [1.82, 2.24) is 4.90 Å². The van der Waals surface area contributed by atoms with Gasteiger partial charge in [0.05, 0.1) is 18.7 Å². The number of amides is 1. The number of halogens is 2. The molecule has 1 saturated heterocycles. The molecule has 1 saturated carbocycles. The minimum atomic E-state index is -0.0588. The third-order valence-electron chi connectivity index (χ3n) is 6.35. The van der Waals surface area contributed by atoms with Gasteiger partial charge >= 0.3 is 0 Å². The molecule has 0 spiro atoms. The van der Waals surface area contributed by atoms with Crippen molar-refractivity contribution in [3.05, 3.63) is 69.7 Å². The number of carbonyl (C=O) groups is 1. The Morgan fingerprint density at radius 1 is 1.03 bits per heavy atom. The summed E-state index contributed by atoms with van der Waals surface area (Å²) in [6.45, 7) is 3.54. The van der Waals surface area contributed by atoms with E-state index in [4.69, 9.17) is 27.9 Å². The van der Waals surface area contributed by atoms with Crippen LogP contribution in [0.4, 0.5) is 0 Å². The molecule has 1 amide bonds. The van der Waals surface area contributed by atoms with Crippen LogP contribution < -0.4 is 0 Å². The highest BCUT2D eigenvalue weighted by atomic mass is 35.5. The summed E-state index contributed by atoms with van der Waals surface area (Å²) >= 11 is 12.5. The molecule has 4 rings (SSSR count). The normalized spacial score (nSPS) is 22.9. The number of hydrogen-bond donors (Lipinski definition) is 0. The average Bonchev–Trinajstić information content (AvgIpc) is 3.56. The molecule has 2 aromatic carbocycles. The van der Waals surface area contributed by atoms with Crippen LogP contribution in [0.25, 0.3) is 0 Å². The van der Waals surface area contributed by atoms with Crippen molar-refractivity contribution in [1.29, 1.82) is 0 Å². The lowest BCUT2D eigenvalue weighted by Crippen LogP contribution is -2.49. The predicted molar refractivity (Wildman–Crippen MR) is 122 cm³/mol. The molecule has 1 aliphatic carbocycles. The molecule has 30 heavy (non-hydrogen) atoms. The molecule has 0 bridgehead atoms. The van der Waals surface area contributed by atoms with Crippen LogP contribution in [0.2, 0.25) is 10.0 Å². The molecule has 0 aromatic heterocycles. The zero-order valence-corrected chi connectivity index (χ0v) is 18.9. The maximum absolute atomic E-state index is 13.2. The Morgan fingerprint density at radius 2 is 1.80 bits per heavy atom. The van der Waals surface area contributed by atoms with Gasteiger partial charge in [0, 0.05) is 29.0 Å². The highest BCUT2D eigenvalue weighted by Crippen LogP contribution is 2.45. The SMILES string of the molecule is CC[C@@H](COCC1CC1)N1C(=O)CCC(c2cccc(Cl)c2)C1c1ccc(Cl)cc1. The summed E-state index contributed by atoms with van der Waals surface area (Å²) in [5.74, 6) is 1.10. The molecule has 2 aromatic rings. The van der Waals surface area contributed by atoms with Crippen LogP contribution in [0.3, 0.4) is 0 Å². The van der Waals surface area contributed by atoms with Crippen LogP contribution in [0.15, 0.2) is 48.5 Å². The number of benzene rings is 2. The van der Waals surface area contributed by atoms with E-state index in [1.165, 1.54) is 18.4 Å².